The number of halogens is 4. The molecule has 8 heteroatoms. The van der Waals surface area contributed by atoms with Gasteiger partial charge in [0.25, 0.3) is 10.0 Å². The van der Waals surface area contributed by atoms with Gasteiger partial charge >= 0.3 is 6.18 Å². The molecule has 2 rings (SSSR count). The molecule has 0 aliphatic rings. The van der Waals surface area contributed by atoms with Gasteiger partial charge < -0.3 is 0 Å². The van der Waals surface area contributed by atoms with E-state index in [-0.39, 0.29) is 10.6 Å². The maximum atomic E-state index is 13.1. The van der Waals surface area contributed by atoms with Gasteiger partial charge in [-0.05, 0) is 30.3 Å². The van der Waals surface area contributed by atoms with Gasteiger partial charge in [-0.25, -0.2) is 12.8 Å². The molecule has 112 valence electrons. The molecule has 21 heavy (non-hydrogen) atoms. The largest absolute Gasteiger partial charge is 0.419 e. The van der Waals surface area contributed by atoms with Gasteiger partial charge in [-0.1, -0.05) is 18.2 Å². The minimum Gasteiger partial charge on any atom is -0.280 e. The van der Waals surface area contributed by atoms with E-state index in [1.165, 1.54) is 24.3 Å². The van der Waals surface area contributed by atoms with Crippen molar-refractivity contribution in [2.45, 2.75) is 11.1 Å². The molecule has 0 atom stereocenters. The van der Waals surface area contributed by atoms with E-state index in [2.05, 4.69) is 0 Å². The normalized spacial score (nSPS) is 12.2. The first kappa shape index (κ1) is 15.3. The second-order valence-corrected chi connectivity index (χ2v) is 5.79. The zero-order valence-corrected chi connectivity index (χ0v) is 11.2. The van der Waals surface area contributed by atoms with Crippen molar-refractivity contribution in [3.63, 3.8) is 0 Å². The number of hydrogen-bond acceptors (Lipinski definition) is 2. The maximum absolute atomic E-state index is 13.1. The minimum atomic E-state index is -4.90. The third-order valence-corrected chi connectivity index (χ3v) is 3.97. The van der Waals surface area contributed by atoms with Crippen LogP contribution in [0.1, 0.15) is 5.56 Å². The number of hydrogen-bond donors (Lipinski definition) is 1. The molecule has 2 aromatic rings. The van der Waals surface area contributed by atoms with E-state index in [0.717, 1.165) is 6.07 Å². The number of alkyl halides is 3. The molecule has 2 aromatic carbocycles. The highest BCUT2D eigenvalue weighted by Gasteiger charge is 2.34. The van der Waals surface area contributed by atoms with E-state index in [1.807, 2.05) is 4.72 Å². The second kappa shape index (κ2) is 5.36. The van der Waals surface area contributed by atoms with Crippen LogP contribution in [0.25, 0.3) is 0 Å². The number of benzene rings is 2. The molecule has 0 fully saturated rings. The predicted molar refractivity (Wildman–Crippen MR) is 68.7 cm³/mol. The molecule has 0 bridgehead atoms. The van der Waals surface area contributed by atoms with Crippen LogP contribution in [0.2, 0.25) is 0 Å². The van der Waals surface area contributed by atoms with Crippen LogP contribution in [0.3, 0.4) is 0 Å². The number of rotatable bonds is 3. The highest BCUT2D eigenvalue weighted by atomic mass is 32.2. The van der Waals surface area contributed by atoms with Crippen molar-refractivity contribution in [1.82, 2.24) is 0 Å². The first-order valence-corrected chi connectivity index (χ1v) is 7.13. The summed E-state index contributed by atoms with van der Waals surface area (Å²) >= 11 is 0. The van der Waals surface area contributed by atoms with Crippen LogP contribution in [0.5, 0.6) is 0 Å². The Labute approximate surface area is 118 Å². The van der Waals surface area contributed by atoms with E-state index in [4.69, 9.17) is 0 Å². The zero-order chi connectivity index (χ0) is 15.7. The molecule has 0 aliphatic carbocycles. The summed E-state index contributed by atoms with van der Waals surface area (Å²) < 4.78 is 76.7. The lowest BCUT2D eigenvalue weighted by Crippen LogP contribution is -2.14. The van der Waals surface area contributed by atoms with Crippen molar-refractivity contribution in [2.75, 3.05) is 4.72 Å². The lowest BCUT2D eigenvalue weighted by atomic mass is 10.2. The molecule has 0 amide bonds. The first-order chi connectivity index (χ1) is 9.70. The smallest absolute Gasteiger partial charge is 0.280 e. The fraction of sp³-hybridized carbons (Fsp3) is 0.0769. The van der Waals surface area contributed by atoms with Gasteiger partial charge in [0, 0.05) is 5.69 Å². The lowest BCUT2D eigenvalue weighted by Gasteiger charge is -2.12. The summed E-state index contributed by atoms with van der Waals surface area (Å²) in [6.07, 6.45) is -4.90. The average Bonchev–Trinajstić information content (AvgIpc) is 2.40. The summed E-state index contributed by atoms with van der Waals surface area (Å²) in [4.78, 5) is -0.108. The van der Waals surface area contributed by atoms with Crippen LogP contribution in [0, 0.1) is 5.82 Å². The maximum Gasteiger partial charge on any atom is 0.419 e. The number of anilines is 1. The molecule has 0 unspecified atom stereocenters. The van der Waals surface area contributed by atoms with Crippen LogP contribution >= 0.6 is 0 Å². The molecule has 3 nitrogen and oxygen atoms in total. The van der Waals surface area contributed by atoms with Gasteiger partial charge in [-0.15, -0.1) is 0 Å². The third-order valence-electron chi connectivity index (χ3n) is 2.58. The molecule has 0 aliphatic heterocycles. The average molecular weight is 319 g/mol. The Morgan fingerprint density at radius 2 is 1.57 bits per heavy atom. The summed E-state index contributed by atoms with van der Waals surface area (Å²) in [5, 5.41) is 0. The Hall–Kier alpha value is -2.09. The second-order valence-electron chi connectivity index (χ2n) is 4.11. The van der Waals surface area contributed by atoms with Crippen molar-refractivity contribution < 1.29 is 26.0 Å². The van der Waals surface area contributed by atoms with E-state index in [0.29, 0.717) is 12.1 Å². The number of nitrogens with one attached hydrogen (secondary N) is 1. The van der Waals surface area contributed by atoms with Crippen molar-refractivity contribution in [2.24, 2.45) is 0 Å². The predicted octanol–water partition coefficient (Wildman–Crippen LogP) is 3.65. The fourth-order valence-corrected chi connectivity index (χ4v) is 2.69. The Balaban J connectivity index is 2.37. The first-order valence-electron chi connectivity index (χ1n) is 5.65. The Morgan fingerprint density at radius 1 is 0.952 bits per heavy atom. The molecule has 0 radical (unpaired) electrons. The van der Waals surface area contributed by atoms with E-state index in [9.17, 15) is 26.0 Å². The zero-order valence-electron chi connectivity index (χ0n) is 10.4. The van der Waals surface area contributed by atoms with Gasteiger partial charge in [-0.3, -0.25) is 4.72 Å². The summed E-state index contributed by atoms with van der Waals surface area (Å²) in [5.41, 5.74) is -1.90. The Morgan fingerprint density at radius 3 is 2.14 bits per heavy atom. The molecular formula is C13H9F4NO2S. The molecule has 0 saturated carbocycles. The van der Waals surface area contributed by atoms with Gasteiger partial charge in [0.1, 0.15) is 5.82 Å². The quantitative estimate of drug-likeness (QED) is 0.878. The van der Waals surface area contributed by atoms with Crippen molar-refractivity contribution in [3.8, 4) is 0 Å². The van der Waals surface area contributed by atoms with E-state index in [1.54, 1.807) is 6.07 Å². The Kier molecular flexibility index (Phi) is 3.91. The SMILES string of the molecule is O=S(=O)(Nc1ccc(F)c(C(F)(F)F)c1)c1ccccc1. The van der Waals surface area contributed by atoms with Crippen LogP contribution in [0.15, 0.2) is 53.4 Å². The van der Waals surface area contributed by atoms with Crippen molar-refractivity contribution in [1.29, 1.82) is 0 Å². The monoisotopic (exact) mass is 319 g/mol. The summed E-state index contributed by atoms with van der Waals surface area (Å²) in [6, 6.07) is 9.01. The molecule has 0 spiro atoms. The summed E-state index contributed by atoms with van der Waals surface area (Å²) in [7, 11) is -4.03. The van der Waals surface area contributed by atoms with Crippen molar-refractivity contribution in [3.05, 3.63) is 59.9 Å². The van der Waals surface area contributed by atoms with Crippen LogP contribution in [0.4, 0.5) is 23.2 Å². The highest BCUT2D eigenvalue weighted by Crippen LogP contribution is 2.33. The topological polar surface area (TPSA) is 46.2 Å². The van der Waals surface area contributed by atoms with Crippen molar-refractivity contribution >= 4 is 15.7 Å². The molecule has 0 saturated heterocycles. The van der Waals surface area contributed by atoms with Crippen LogP contribution < -0.4 is 4.72 Å². The number of sulfonamides is 1. The molecule has 1 N–H and O–H groups in total. The Bertz CT molecular complexity index is 743. The van der Waals surface area contributed by atoms with Crippen LogP contribution in [-0.4, -0.2) is 8.42 Å². The third kappa shape index (κ3) is 3.52. The fourth-order valence-electron chi connectivity index (χ4n) is 1.62. The van der Waals surface area contributed by atoms with Gasteiger partial charge in [0.15, 0.2) is 0 Å². The molecular weight excluding hydrogens is 310 g/mol. The van der Waals surface area contributed by atoms with Gasteiger partial charge in [-0.2, -0.15) is 13.2 Å². The minimum absolute atomic E-state index is 0.108. The molecule has 0 aromatic heterocycles. The standard InChI is InChI=1S/C13H9F4NO2S/c14-12-7-6-9(8-11(12)13(15,16)17)18-21(19,20)10-4-2-1-3-5-10/h1-8,18H. The van der Waals surface area contributed by atoms with Gasteiger partial charge in [0.2, 0.25) is 0 Å². The van der Waals surface area contributed by atoms with E-state index >= 15 is 0 Å². The lowest BCUT2D eigenvalue weighted by molar-refractivity contribution is -0.139. The molecule has 0 heterocycles. The highest BCUT2D eigenvalue weighted by molar-refractivity contribution is 7.92. The van der Waals surface area contributed by atoms with Crippen LogP contribution in [-0.2, 0) is 16.2 Å². The summed E-state index contributed by atoms with van der Waals surface area (Å²) in [5.74, 6) is -1.47. The summed E-state index contributed by atoms with van der Waals surface area (Å²) in [6.45, 7) is 0. The van der Waals surface area contributed by atoms with Gasteiger partial charge in [0.05, 0.1) is 10.5 Å². The van der Waals surface area contributed by atoms with E-state index < -0.39 is 27.6 Å².